The first kappa shape index (κ1) is 13.2. The molecule has 0 atom stereocenters. The molecule has 1 aromatic rings. The van der Waals surface area contributed by atoms with Gasteiger partial charge >= 0.3 is 0 Å². The molecular formula is C11H18N4O2. The molecule has 6 heteroatoms. The number of rotatable bonds is 7. The van der Waals surface area contributed by atoms with Crippen molar-refractivity contribution in [3.63, 3.8) is 0 Å². The third kappa shape index (κ3) is 4.26. The summed E-state index contributed by atoms with van der Waals surface area (Å²) in [7, 11) is 0. The van der Waals surface area contributed by atoms with Crippen LogP contribution >= 0.6 is 0 Å². The second-order valence-corrected chi connectivity index (χ2v) is 3.60. The van der Waals surface area contributed by atoms with E-state index in [1.807, 2.05) is 0 Å². The normalized spacial score (nSPS) is 11.5. The molecule has 1 heterocycles. The largest absolute Gasteiger partial charge is 0.476 e. The third-order valence-electron chi connectivity index (χ3n) is 2.25. The highest BCUT2D eigenvalue weighted by Gasteiger charge is 2.10. The smallest absolute Gasteiger partial charge is 0.243 e. The Hall–Kier alpha value is -1.85. The molecule has 0 aliphatic heterocycles. The van der Waals surface area contributed by atoms with Gasteiger partial charge in [0.05, 0.1) is 6.61 Å². The molecule has 0 bridgehead atoms. The van der Waals surface area contributed by atoms with Gasteiger partial charge < -0.3 is 15.7 Å². The van der Waals surface area contributed by atoms with E-state index in [-0.39, 0.29) is 11.5 Å². The lowest BCUT2D eigenvalue weighted by atomic mass is 10.2. The van der Waals surface area contributed by atoms with Gasteiger partial charge in [-0.15, -0.1) is 0 Å². The Morgan fingerprint density at radius 1 is 1.35 bits per heavy atom. The van der Waals surface area contributed by atoms with Crippen LogP contribution in [0.3, 0.4) is 0 Å². The molecule has 0 aromatic carbocycles. The summed E-state index contributed by atoms with van der Waals surface area (Å²) < 4.78 is 5.46. The fraction of sp³-hybridized carbons (Fsp3) is 0.545. The monoisotopic (exact) mass is 238 g/mol. The molecule has 94 valence electrons. The molecule has 0 saturated heterocycles. The SMILES string of the molecule is CCCCCCOc1nccnc1/C(N)=N/O. The van der Waals surface area contributed by atoms with Crippen LogP contribution < -0.4 is 10.5 Å². The van der Waals surface area contributed by atoms with Crippen LogP contribution in [0.5, 0.6) is 5.88 Å². The van der Waals surface area contributed by atoms with Gasteiger partial charge in [-0.25, -0.2) is 9.97 Å². The summed E-state index contributed by atoms with van der Waals surface area (Å²) in [6, 6.07) is 0. The maximum atomic E-state index is 8.59. The topological polar surface area (TPSA) is 93.6 Å². The van der Waals surface area contributed by atoms with E-state index in [9.17, 15) is 0 Å². The average Bonchev–Trinajstić information content (AvgIpc) is 2.38. The van der Waals surface area contributed by atoms with Crippen molar-refractivity contribution in [3.05, 3.63) is 18.1 Å². The second kappa shape index (κ2) is 7.43. The fourth-order valence-corrected chi connectivity index (χ4v) is 1.35. The van der Waals surface area contributed by atoms with Crippen molar-refractivity contribution >= 4 is 5.84 Å². The zero-order chi connectivity index (χ0) is 12.5. The van der Waals surface area contributed by atoms with Gasteiger partial charge in [0.2, 0.25) is 5.88 Å². The minimum Gasteiger partial charge on any atom is -0.476 e. The van der Waals surface area contributed by atoms with Gasteiger partial charge in [-0.3, -0.25) is 0 Å². The van der Waals surface area contributed by atoms with Crippen LogP contribution in [0.4, 0.5) is 0 Å². The summed E-state index contributed by atoms with van der Waals surface area (Å²) in [5, 5.41) is 11.5. The zero-order valence-electron chi connectivity index (χ0n) is 9.96. The Morgan fingerprint density at radius 2 is 2.12 bits per heavy atom. The van der Waals surface area contributed by atoms with E-state index in [0.717, 1.165) is 12.8 Å². The lowest BCUT2D eigenvalue weighted by Crippen LogP contribution is -2.17. The number of oxime groups is 1. The number of nitrogens with zero attached hydrogens (tertiary/aromatic N) is 3. The minimum atomic E-state index is -0.0957. The van der Waals surface area contributed by atoms with Crippen molar-refractivity contribution in [2.45, 2.75) is 32.6 Å². The van der Waals surface area contributed by atoms with Gasteiger partial charge in [0.25, 0.3) is 0 Å². The van der Waals surface area contributed by atoms with Gasteiger partial charge in [0.1, 0.15) is 0 Å². The van der Waals surface area contributed by atoms with Crippen molar-refractivity contribution in [2.75, 3.05) is 6.61 Å². The minimum absolute atomic E-state index is 0.0957. The van der Waals surface area contributed by atoms with Gasteiger partial charge in [0, 0.05) is 12.4 Å². The van der Waals surface area contributed by atoms with Crippen LogP contribution in [0.15, 0.2) is 17.5 Å². The van der Waals surface area contributed by atoms with Gasteiger partial charge in [0.15, 0.2) is 11.5 Å². The molecule has 0 aliphatic carbocycles. The standard InChI is InChI=1S/C11H18N4O2/c1-2-3-4-5-8-17-11-9(10(12)15-16)13-6-7-14-11/h6-7,16H,2-5,8H2,1H3,(H2,12,15). The molecule has 0 aliphatic rings. The highest BCUT2D eigenvalue weighted by atomic mass is 16.5. The van der Waals surface area contributed by atoms with E-state index in [4.69, 9.17) is 15.7 Å². The number of nitrogens with two attached hydrogens (primary N) is 1. The lowest BCUT2D eigenvalue weighted by molar-refractivity contribution is 0.290. The Kier molecular flexibility index (Phi) is 5.77. The van der Waals surface area contributed by atoms with Gasteiger partial charge in [-0.2, -0.15) is 0 Å². The number of aromatic nitrogens is 2. The summed E-state index contributed by atoms with van der Waals surface area (Å²) >= 11 is 0. The zero-order valence-corrected chi connectivity index (χ0v) is 9.96. The molecule has 0 radical (unpaired) electrons. The molecular weight excluding hydrogens is 220 g/mol. The number of hydrogen-bond acceptors (Lipinski definition) is 5. The van der Waals surface area contributed by atoms with Crippen LogP contribution in [0.2, 0.25) is 0 Å². The van der Waals surface area contributed by atoms with Crippen molar-refractivity contribution in [3.8, 4) is 5.88 Å². The summed E-state index contributed by atoms with van der Waals surface area (Å²) in [5.41, 5.74) is 5.73. The van der Waals surface area contributed by atoms with Crippen molar-refractivity contribution in [2.24, 2.45) is 10.9 Å². The molecule has 17 heavy (non-hydrogen) atoms. The van der Waals surface area contributed by atoms with Crippen LogP contribution in [0.1, 0.15) is 38.3 Å². The van der Waals surface area contributed by atoms with Gasteiger partial charge in [-0.05, 0) is 6.42 Å². The van der Waals surface area contributed by atoms with E-state index >= 15 is 0 Å². The molecule has 1 rings (SSSR count). The van der Waals surface area contributed by atoms with E-state index in [0.29, 0.717) is 12.5 Å². The number of ether oxygens (including phenoxy) is 1. The molecule has 0 unspecified atom stereocenters. The first-order chi connectivity index (χ1) is 8.29. The summed E-state index contributed by atoms with van der Waals surface area (Å²) in [6.07, 6.45) is 7.43. The molecule has 0 spiro atoms. The average molecular weight is 238 g/mol. The Morgan fingerprint density at radius 3 is 2.82 bits per heavy atom. The molecule has 0 amide bonds. The third-order valence-corrected chi connectivity index (χ3v) is 2.25. The first-order valence-electron chi connectivity index (χ1n) is 5.71. The predicted molar refractivity (Wildman–Crippen MR) is 64.2 cm³/mol. The van der Waals surface area contributed by atoms with Crippen molar-refractivity contribution in [1.29, 1.82) is 0 Å². The van der Waals surface area contributed by atoms with E-state index in [1.54, 1.807) is 0 Å². The van der Waals surface area contributed by atoms with E-state index in [2.05, 4.69) is 22.0 Å². The maximum absolute atomic E-state index is 8.59. The first-order valence-corrected chi connectivity index (χ1v) is 5.71. The number of amidine groups is 1. The maximum Gasteiger partial charge on any atom is 0.243 e. The highest BCUT2D eigenvalue weighted by molar-refractivity contribution is 5.97. The Balaban J connectivity index is 2.53. The Bertz CT molecular complexity index is 368. The summed E-state index contributed by atoms with van der Waals surface area (Å²) in [4.78, 5) is 7.97. The quantitative estimate of drug-likeness (QED) is 0.247. The molecule has 1 aromatic heterocycles. The van der Waals surface area contributed by atoms with E-state index < -0.39 is 0 Å². The summed E-state index contributed by atoms with van der Waals surface area (Å²) in [5.74, 6) is 0.209. The Labute approximate surface area is 101 Å². The molecule has 0 fully saturated rings. The molecule has 3 N–H and O–H groups in total. The van der Waals surface area contributed by atoms with Gasteiger partial charge in [-0.1, -0.05) is 31.3 Å². The summed E-state index contributed by atoms with van der Waals surface area (Å²) in [6.45, 7) is 2.71. The number of hydrogen-bond donors (Lipinski definition) is 2. The van der Waals surface area contributed by atoms with Crippen LogP contribution in [0, 0.1) is 0 Å². The number of unbranched alkanes of at least 4 members (excludes halogenated alkanes) is 3. The van der Waals surface area contributed by atoms with Crippen molar-refractivity contribution in [1.82, 2.24) is 9.97 Å². The fourth-order valence-electron chi connectivity index (χ4n) is 1.35. The van der Waals surface area contributed by atoms with Crippen LogP contribution in [0.25, 0.3) is 0 Å². The molecule has 0 saturated carbocycles. The molecule has 6 nitrogen and oxygen atoms in total. The second-order valence-electron chi connectivity index (χ2n) is 3.60. The van der Waals surface area contributed by atoms with E-state index in [1.165, 1.54) is 25.2 Å². The lowest BCUT2D eigenvalue weighted by Gasteiger charge is -2.07. The van der Waals surface area contributed by atoms with Crippen LogP contribution in [-0.4, -0.2) is 27.6 Å². The van der Waals surface area contributed by atoms with Crippen molar-refractivity contribution < 1.29 is 9.94 Å². The predicted octanol–water partition coefficient (Wildman–Crippen LogP) is 1.53. The van der Waals surface area contributed by atoms with Crippen LogP contribution in [-0.2, 0) is 0 Å². The highest BCUT2D eigenvalue weighted by Crippen LogP contribution is 2.11.